The van der Waals surface area contributed by atoms with E-state index in [1.165, 1.54) is 18.2 Å². The molecular weight excluding hydrogens is 298 g/mol. The van der Waals surface area contributed by atoms with Crippen molar-refractivity contribution < 1.29 is 31.1 Å². The van der Waals surface area contributed by atoms with E-state index in [4.69, 9.17) is 0 Å². The van der Waals surface area contributed by atoms with Crippen LogP contribution in [0.1, 0.15) is 12.0 Å². The van der Waals surface area contributed by atoms with Crippen LogP contribution in [-0.2, 0) is 0 Å². The summed E-state index contributed by atoms with van der Waals surface area (Å²) in [5.74, 6) is -1.56. The number of hydrogen-bond donors (Lipinski definition) is 0. The molecule has 0 atom stereocenters. The molecule has 21 heavy (non-hydrogen) atoms. The van der Waals surface area contributed by atoms with Gasteiger partial charge in [0.1, 0.15) is 11.6 Å². The van der Waals surface area contributed by atoms with Crippen molar-refractivity contribution in [3.8, 4) is 16.9 Å². The van der Waals surface area contributed by atoms with Gasteiger partial charge in [-0.05, 0) is 35.4 Å². The van der Waals surface area contributed by atoms with Gasteiger partial charge in [-0.1, -0.05) is 18.2 Å². The van der Waals surface area contributed by atoms with Crippen molar-refractivity contribution in [2.45, 2.75) is 12.8 Å². The third-order valence-electron chi connectivity index (χ3n) is 2.63. The lowest BCUT2D eigenvalue weighted by Gasteiger charge is -2.11. The van der Waals surface area contributed by atoms with Gasteiger partial charge in [0.25, 0.3) is 6.43 Å². The first-order valence-corrected chi connectivity index (χ1v) is 5.70. The number of halogens is 6. The van der Waals surface area contributed by atoms with Gasteiger partial charge in [0.15, 0.2) is 0 Å². The summed E-state index contributed by atoms with van der Waals surface area (Å²) in [7, 11) is 0. The normalized spacial score (nSPS) is 11.8. The maximum absolute atomic E-state index is 13.2. The van der Waals surface area contributed by atoms with E-state index in [9.17, 15) is 26.3 Å². The van der Waals surface area contributed by atoms with Crippen LogP contribution in [0.4, 0.5) is 26.3 Å². The number of alkyl halides is 5. The van der Waals surface area contributed by atoms with E-state index >= 15 is 0 Å². The lowest BCUT2D eigenvalue weighted by molar-refractivity contribution is -0.274. The van der Waals surface area contributed by atoms with Crippen molar-refractivity contribution in [1.82, 2.24) is 0 Å². The lowest BCUT2D eigenvalue weighted by atomic mass is 10.0. The topological polar surface area (TPSA) is 9.23 Å². The monoisotopic (exact) mass is 306 g/mol. The van der Waals surface area contributed by atoms with Crippen LogP contribution < -0.4 is 4.74 Å². The molecule has 0 amide bonds. The van der Waals surface area contributed by atoms with Gasteiger partial charge in [0.2, 0.25) is 0 Å². The Morgan fingerprint density at radius 1 is 0.905 bits per heavy atom. The molecule has 2 aromatic rings. The lowest BCUT2D eigenvalue weighted by Crippen LogP contribution is -2.17. The van der Waals surface area contributed by atoms with Gasteiger partial charge in [0.05, 0.1) is 5.56 Å². The zero-order valence-corrected chi connectivity index (χ0v) is 10.3. The minimum Gasteiger partial charge on any atom is -0.406 e. The van der Waals surface area contributed by atoms with Crippen LogP contribution in [0, 0.1) is 5.82 Å². The van der Waals surface area contributed by atoms with Crippen LogP contribution in [0.3, 0.4) is 0 Å². The Bertz CT molecular complexity index is 636. The zero-order valence-electron chi connectivity index (χ0n) is 10.3. The number of ether oxygens (including phenoxy) is 1. The van der Waals surface area contributed by atoms with E-state index < -0.39 is 29.9 Å². The maximum atomic E-state index is 13.2. The highest BCUT2D eigenvalue weighted by Gasteiger charge is 2.31. The van der Waals surface area contributed by atoms with Crippen LogP contribution in [0.2, 0.25) is 0 Å². The molecule has 0 saturated carbocycles. The Hall–Kier alpha value is -2.18. The fourth-order valence-electron chi connectivity index (χ4n) is 1.76. The third-order valence-corrected chi connectivity index (χ3v) is 2.63. The first-order chi connectivity index (χ1) is 9.76. The molecule has 0 fully saturated rings. The number of hydrogen-bond acceptors (Lipinski definition) is 1. The first-order valence-electron chi connectivity index (χ1n) is 5.70. The summed E-state index contributed by atoms with van der Waals surface area (Å²) < 4.78 is 78.5. The van der Waals surface area contributed by atoms with Crippen LogP contribution in [0.15, 0.2) is 42.5 Å². The molecule has 0 N–H and O–H groups in total. The molecule has 2 rings (SSSR count). The van der Waals surface area contributed by atoms with Crippen molar-refractivity contribution >= 4 is 0 Å². The summed E-state index contributed by atoms with van der Waals surface area (Å²) >= 11 is 0. The standard InChI is InChI=1S/C14H8F6O/c15-12-5-4-9(7-11(12)13(16)17)8-2-1-3-10(6-8)21-14(18,19)20/h1-7,13H. The third kappa shape index (κ3) is 3.90. The van der Waals surface area contributed by atoms with Crippen LogP contribution in [0.25, 0.3) is 11.1 Å². The minimum atomic E-state index is -4.85. The van der Waals surface area contributed by atoms with Crippen LogP contribution >= 0.6 is 0 Å². The summed E-state index contributed by atoms with van der Waals surface area (Å²) in [5.41, 5.74) is -0.437. The van der Waals surface area contributed by atoms with Gasteiger partial charge in [-0.2, -0.15) is 0 Å². The summed E-state index contributed by atoms with van der Waals surface area (Å²) in [4.78, 5) is 0. The second-order valence-corrected chi connectivity index (χ2v) is 4.11. The van der Waals surface area contributed by atoms with E-state index in [-0.39, 0.29) is 11.1 Å². The fourth-order valence-corrected chi connectivity index (χ4v) is 1.76. The Balaban J connectivity index is 2.38. The van der Waals surface area contributed by atoms with Gasteiger partial charge in [-0.15, -0.1) is 13.2 Å². The van der Waals surface area contributed by atoms with Gasteiger partial charge in [-0.3, -0.25) is 0 Å². The largest absolute Gasteiger partial charge is 0.573 e. The molecule has 0 aliphatic carbocycles. The van der Waals surface area contributed by atoms with Gasteiger partial charge in [-0.25, -0.2) is 13.2 Å². The molecule has 0 aliphatic heterocycles. The highest BCUT2D eigenvalue weighted by molar-refractivity contribution is 5.66. The SMILES string of the molecule is Fc1ccc(-c2cccc(OC(F)(F)F)c2)cc1C(F)F. The second-order valence-electron chi connectivity index (χ2n) is 4.11. The quantitative estimate of drug-likeness (QED) is 0.696. The molecule has 0 spiro atoms. The highest BCUT2D eigenvalue weighted by Crippen LogP contribution is 2.31. The Morgan fingerprint density at radius 2 is 1.57 bits per heavy atom. The van der Waals surface area contributed by atoms with E-state index in [0.29, 0.717) is 0 Å². The predicted molar refractivity (Wildman–Crippen MR) is 63.5 cm³/mol. The molecule has 0 unspecified atom stereocenters. The fraction of sp³-hybridized carbons (Fsp3) is 0.143. The first kappa shape index (κ1) is 15.2. The zero-order chi connectivity index (χ0) is 15.6. The van der Waals surface area contributed by atoms with Crippen LogP contribution in [-0.4, -0.2) is 6.36 Å². The minimum absolute atomic E-state index is 0.166. The van der Waals surface area contributed by atoms with Gasteiger partial charge < -0.3 is 4.74 Å². The Labute approximate surface area is 115 Å². The van der Waals surface area contributed by atoms with Crippen LogP contribution in [0.5, 0.6) is 5.75 Å². The van der Waals surface area contributed by atoms with E-state index in [1.54, 1.807) is 0 Å². The number of benzene rings is 2. The summed E-state index contributed by atoms with van der Waals surface area (Å²) in [5, 5.41) is 0. The maximum Gasteiger partial charge on any atom is 0.573 e. The van der Waals surface area contributed by atoms with Crippen molar-refractivity contribution in [2.24, 2.45) is 0 Å². The molecule has 0 radical (unpaired) electrons. The Kier molecular flexibility index (Phi) is 4.11. The number of rotatable bonds is 3. The Morgan fingerprint density at radius 3 is 2.19 bits per heavy atom. The van der Waals surface area contributed by atoms with E-state index in [1.807, 2.05) is 0 Å². The van der Waals surface area contributed by atoms with Gasteiger partial charge >= 0.3 is 6.36 Å². The molecular formula is C14H8F6O. The highest BCUT2D eigenvalue weighted by atomic mass is 19.4. The predicted octanol–water partition coefficient (Wildman–Crippen LogP) is 5.33. The summed E-state index contributed by atoms with van der Waals surface area (Å²) in [6.45, 7) is 0. The second kappa shape index (κ2) is 5.67. The smallest absolute Gasteiger partial charge is 0.406 e. The van der Waals surface area contributed by atoms with E-state index in [0.717, 1.165) is 24.3 Å². The summed E-state index contributed by atoms with van der Waals surface area (Å²) in [6, 6.07) is 7.74. The molecule has 0 saturated heterocycles. The average molecular weight is 306 g/mol. The van der Waals surface area contributed by atoms with Crippen molar-refractivity contribution in [3.05, 3.63) is 53.8 Å². The van der Waals surface area contributed by atoms with Crippen molar-refractivity contribution in [2.75, 3.05) is 0 Å². The van der Waals surface area contributed by atoms with E-state index in [2.05, 4.69) is 4.74 Å². The summed E-state index contributed by atoms with van der Waals surface area (Å²) in [6.07, 6.45) is -7.87. The molecule has 7 heteroatoms. The molecule has 0 aliphatic rings. The van der Waals surface area contributed by atoms with Crippen molar-refractivity contribution in [1.29, 1.82) is 0 Å². The average Bonchev–Trinajstić information content (AvgIpc) is 2.37. The molecule has 0 heterocycles. The molecule has 1 nitrogen and oxygen atoms in total. The molecule has 2 aromatic carbocycles. The molecule has 0 aromatic heterocycles. The van der Waals surface area contributed by atoms with Crippen molar-refractivity contribution in [3.63, 3.8) is 0 Å². The molecule has 0 bridgehead atoms. The van der Waals surface area contributed by atoms with Gasteiger partial charge in [0, 0.05) is 0 Å². The molecule has 112 valence electrons.